The van der Waals surface area contributed by atoms with Gasteiger partial charge in [0.2, 0.25) is 0 Å². The monoisotopic (exact) mass is 297 g/mol. The highest BCUT2D eigenvalue weighted by Gasteiger charge is 2.19. The van der Waals surface area contributed by atoms with E-state index in [-0.39, 0.29) is 6.42 Å². The molecular formula is C19H23NO2. The Hall–Kier alpha value is -2.13. The first-order chi connectivity index (χ1) is 10.7. The minimum absolute atomic E-state index is 0.136. The van der Waals surface area contributed by atoms with Crippen LogP contribution in [0.4, 0.5) is 0 Å². The maximum atomic E-state index is 10.5. The number of aryl methyl sites for hydroxylation is 1. The Morgan fingerprint density at radius 1 is 1.09 bits per heavy atom. The largest absolute Gasteiger partial charge is 0.550 e. The molecule has 0 unspecified atom stereocenters. The number of hydrogen-bond acceptors (Lipinski definition) is 2. The van der Waals surface area contributed by atoms with Gasteiger partial charge in [-0.1, -0.05) is 42.5 Å². The molecule has 0 amide bonds. The van der Waals surface area contributed by atoms with E-state index in [0.717, 1.165) is 12.8 Å². The highest BCUT2D eigenvalue weighted by Crippen LogP contribution is 2.38. The van der Waals surface area contributed by atoms with E-state index in [2.05, 4.69) is 42.5 Å². The quantitative estimate of drug-likeness (QED) is 0.785. The molecule has 1 aliphatic carbocycles. The highest BCUT2D eigenvalue weighted by atomic mass is 16.4. The molecular weight excluding hydrogens is 274 g/mol. The molecule has 2 aromatic rings. The predicted octanol–water partition coefficient (Wildman–Crippen LogP) is 1.14. The summed E-state index contributed by atoms with van der Waals surface area (Å²) < 4.78 is 0. The molecule has 0 aliphatic heterocycles. The molecule has 0 fully saturated rings. The lowest BCUT2D eigenvalue weighted by atomic mass is 9.97. The fourth-order valence-corrected chi connectivity index (χ4v) is 2.88. The van der Waals surface area contributed by atoms with Crippen LogP contribution in [0.1, 0.15) is 29.5 Å². The normalized spacial score (nSPS) is 11.2. The Kier molecular flexibility index (Phi) is 5.73. The lowest BCUT2D eigenvalue weighted by Crippen LogP contribution is -2.74. The summed E-state index contributed by atoms with van der Waals surface area (Å²) in [6.45, 7) is 0. The summed E-state index contributed by atoms with van der Waals surface area (Å²) in [5, 5.41) is 12.5. The Labute approximate surface area is 132 Å². The molecule has 1 aliphatic rings. The van der Waals surface area contributed by atoms with Gasteiger partial charge < -0.3 is 15.2 Å². The van der Waals surface area contributed by atoms with Crippen molar-refractivity contribution in [1.29, 1.82) is 0 Å². The van der Waals surface area contributed by atoms with Crippen molar-refractivity contribution < 1.29 is 15.2 Å². The van der Waals surface area contributed by atoms with Gasteiger partial charge in [-0.3, -0.25) is 0 Å². The molecule has 116 valence electrons. The fourth-order valence-electron chi connectivity index (χ4n) is 2.88. The lowest BCUT2D eigenvalue weighted by molar-refractivity contribution is -0.597. The summed E-state index contributed by atoms with van der Waals surface area (Å²) in [5.41, 5.74) is 6.63. The number of fused-ring (bicyclic) bond motifs is 3. The van der Waals surface area contributed by atoms with Crippen LogP contribution in [0.3, 0.4) is 0 Å². The number of quaternary nitrogens is 1. The Bertz CT molecular complexity index is 650. The number of hydrogen-bond donors (Lipinski definition) is 1. The molecule has 0 aromatic heterocycles. The van der Waals surface area contributed by atoms with Crippen LogP contribution in [-0.4, -0.2) is 20.1 Å². The van der Waals surface area contributed by atoms with Gasteiger partial charge in [0.15, 0.2) is 0 Å². The van der Waals surface area contributed by atoms with E-state index >= 15 is 0 Å². The average molecular weight is 297 g/mol. The number of rotatable bonds is 4. The first-order valence-corrected chi connectivity index (χ1v) is 7.80. The number of benzene rings is 2. The van der Waals surface area contributed by atoms with E-state index < -0.39 is 5.97 Å². The maximum absolute atomic E-state index is 10.5. The molecule has 0 spiro atoms. The van der Waals surface area contributed by atoms with E-state index in [1.165, 1.54) is 27.8 Å². The molecule has 3 heteroatoms. The molecule has 2 N–H and O–H groups in total. The molecule has 0 heterocycles. The van der Waals surface area contributed by atoms with Gasteiger partial charge >= 0.3 is 0 Å². The van der Waals surface area contributed by atoms with E-state index in [9.17, 15) is 9.90 Å². The zero-order valence-electron chi connectivity index (χ0n) is 13.3. The Morgan fingerprint density at radius 2 is 1.77 bits per heavy atom. The van der Waals surface area contributed by atoms with Gasteiger partial charge in [-0.15, -0.1) is 0 Å². The van der Waals surface area contributed by atoms with Gasteiger partial charge in [-0.25, -0.2) is 0 Å². The topological polar surface area (TPSA) is 56.7 Å². The number of carbonyl (C=O) groups is 1. The third kappa shape index (κ3) is 3.74. The van der Waals surface area contributed by atoms with Crippen LogP contribution in [0, 0.1) is 0 Å². The third-order valence-electron chi connectivity index (χ3n) is 3.77. The van der Waals surface area contributed by atoms with Crippen LogP contribution in [0.15, 0.2) is 42.5 Å². The van der Waals surface area contributed by atoms with Gasteiger partial charge in [0.1, 0.15) is 0 Å². The minimum atomic E-state index is -0.962. The summed E-state index contributed by atoms with van der Waals surface area (Å²) in [7, 11) is 4.00. The predicted molar refractivity (Wildman–Crippen MR) is 86.4 cm³/mol. The first kappa shape index (κ1) is 16.2. The molecule has 3 nitrogen and oxygen atoms in total. The standard InChI is InChI=1S/C17H16O2.C2H7N/c18-17(19)10-4-7-12-6-3-9-15-14-8-2-1-5-13(14)11-16(12)15;1-3-2/h1-3,5-6,8-9H,4,7,10-11H2,(H,18,19);3H,1-2H3. The van der Waals surface area contributed by atoms with Crippen LogP contribution in [0.25, 0.3) is 11.1 Å². The van der Waals surface area contributed by atoms with Crippen LogP contribution in [0.2, 0.25) is 0 Å². The van der Waals surface area contributed by atoms with Crippen molar-refractivity contribution in [2.45, 2.75) is 25.7 Å². The smallest absolute Gasteiger partial charge is 0.0647 e. The molecule has 0 bridgehead atoms. The zero-order valence-corrected chi connectivity index (χ0v) is 13.3. The minimum Gasteiger partial charge on any atom is -0.550 e. The summed E-state index contributed by atoms with van der Waals surface area (Å²) in [4.78, 5) is 10.5. The van der Waals surface area contributed by atoms with Crippen molar-refractivity contribution in [3.05, 3.63) is 59.2 Å². The van der Waals surface area contributed by atoms with Crippen LogP contribution in [-0.2, 0) is 17.6 Å². The first-order valence-electron chi connectivity index (χ1n) is 7.80. The van der Waals surface area contributed by atoms with Crippen molar-refractivity contribution in [2.24, 2.45) is 0 Å². The molecule has 3 rings (SSSR count). The number of carbonyl (C=O) groups excluding carboxylic acids is 1. The van der Waals surface area contributed by atoms with Crippen molar-refractivity contribution in [2.75, 3.05) is 14.1 Å². The highest BCUT2D eigenvalue weighted by molar-refractivity contribution is 5.77. The number of nitrogens with two attached hydrogens (primary N) is 1. The van der Waals surface area contributed by atoms with Gasteiger partial charge in [-0.2, -0.15) is 0 Å². The van der Waals surface area contributed by atoms with E-state index in [0.29, 0.717) is 6.42 Å². The van der Waals surface area contributed by atoms with Gasteiger partial charge in [-0.05, 0) is 53.5 Å². The number of carboxylic acid groups (broad SMARTS) is 1. The van der Waals surface area contributed by atoms with Crippen molar-refractivity contribution in [3.8, 4) is 11.1 Å². The second kappa shape index (κ2) is 7.76. The average Bonchev–Trinajstić information content (AvgIpc) is 2.87. The molecule has 0 atom stereocenters. The zero-order chi connectivity index (χ0) is 15.9. The van der Waals surface area contributed by atoms with Gasteiger partial charge in [0.05, 0.1) is 14.1 Å². The van der Waals surface area contributed by atoms with Gasteiger partial charge in [0, 0.05) is 5.97 Å². The van der Waals surface area contributed by atoms with Crippen LogP contribution in [0.5, 0.6) is 0 Å². The summed E-state index contributed by atoms with van der Waals surface area (Å²) in [5.74, 6) is -0.962. The third-order valence-corrected chi connectivity index (χ3v) is 3.77. The second-order valence-corrected chi connectivity index (χ2v) is 5.58. The fraction of sp³-hybridized carbons (Fsp3) is 0.316. The number of aliphatic carboxylic acids is 1. The SMILES string of the molecule is C[NH2+]C.O=C([O-])CCCc1cccc2c1Cc1ccccc1-2. The van der Waals surface area contributed by atoms with Gasteiger partial charge in [0.25, 0.3) is 0 Å². The Morgan fingerprint density at radius 3 is 2.50 bits per heavy atom. The van der Waals surface area contributed by atoms with E-state index in [4.69, 9.17) is 0 Å². The summed E-state index contributed by atoms with van der Waals surface area (Å²) in [6, 6.07) is 14.8. The van der Waals surface area contributed by atoms with Crippen LogP contribution < -0.4 is 10.4 Å². The van der Waals surface area contributed by atoms with Crippen molar-refractivity contribution in [1.82, 2.24) is 0 Å². The van der Waals surface area contributed by atoms with Crippen molar-refractivity contribution >= 4 is 5.97 Å². The summed E-state index contributed by atoms with van der Waals surface area (Å²) >= 11 is 0. The molecule has 0 saturated carbocycles. The van der Waals surface area contributed by atoms with E-state index in [1.54, 1.807) is 0 Å². The van der Waals surface area contributed by atoms with E-state index in [1.807, 2.05) is 19.4 Å². The molecule has 0 radical (unpaired) electrons. The maximum Gasteiger partial charge on any atom is 0.0647 e. The molecule has 0 saturated heterocycles. The summed E-state index contributed by atoms with van der Waals surface area (Å²) in [6.07, 6.45) is 2.56. The molecule has 22 heavy (non-hydrogen) atoms. The lowest BCUT2D eigenvalue weighted by Gasteiger charge is -2.08. The second-order valence-electron chi connectivity index (χ2n) is 5.58. The number of carboxylic acids is 1. The molecule has 2 aromatic carbocycles. The van der Waals surface area contributed by atoms with Crippen molar-refractivity contribution in [3.63, 3.8) is 0 Å². The Balaban J connectivity index is 0.000000545. The van der Waals surface area contributed by atoms with Crippen LogP contribution >= 0.6 is 0 Å².